The first-order valence-electron chi connectivity index (χ1n) is 22.4. The van der Waals surface area contributed by atoms with Gasteiger partial charge in [0.05, 0.1) is 5.41 Å². The normalized spacial score (nSPS) is 13.2. The number of benzene rings is 8. The average Bonchev–Trinajstić information content (AvgIpc) is 3.95. The summed E-state index contributed by atoms with van der Waals surface area (Å²) in [5, 5.41) is 4.46. The Morgan fingerprint density at radius 3 is 1.34 bits per heavy atom. The van der Waals surface area contributed by atoms with Crippen molar-refractivity contribution in [1.29, 1.82) is 0 Å². The summed E-state index contributed by atoms with van der Waals surface area (Å²) >= 11 is 0. The summed E-state index contributed by atoms with van der Waals surface area (Å²) in [7, 11) is 0. The summed E-state index contributed by atoms with van der Waals surface area (Å²) in [4.78, 5) is 2.34. The van der Waals surface area contributed by atoms with Gasteiger partial charge >= 0.3 is 0 Å². The lowest BCUT2D eigenvalue weighted by Crippen LogP contribution is -2.29. The first-order chi connectivity index (χ1) is 30.3. The van der Waals surface area contributed by atoms with Gasteiger partial charge in [-0.2, -0.15) is 0 Å². The van der Waals surface area contributed by atoms with Crippen LogP contribution >= 0.6 is 0 Å². The summed E-state index contributed by atoms with van der Waals surface area (Å²) in [6.45, 7) is 9.30. The molecule has 1 aliphatic rings. The number of para-hydroxylation sites is 2. The molecule has 304 valence electrons. The molecule has 0 amide bonds. The average molecular weight is 806 g/mol. The number of anilines is 3. The molecule has 1 aliphatic carbocycles. The second-order valence-electron chi connectivity index (χ2n) is 18.2. The molecular formula is C59H51NO2. The Morgan fingerprint density at radius 2 is 0.839 bits per heavy atom. The molecule has 3 nitrogen and oxygen atoms in total. The van der Waals surface area contributed by atoms with Gasteiger partial charge in [0.25, 0.3) is 0 Å². The molecule has 2 heterocycles. The molecule has 0 saturated heterocycles. The first-order valence-corrected chi connectivity index (χ1v) is 22.4. The Balaban J connectivity index is 1.11. The van der Waals surface area contributed by atoms with E-state index in [9.17, 15) is 0 Å². The van der Waals surface area contributed by atoms with Gasteiger partial charge < -0.3 is 13.7 Å². The SMILES string of the molecule is CC(C)CCc1ccc2c(c1)C(c1ccccc1)(c1ccc(N(c3ccc4c(c3)oc3ccccc34)c3ccc4c(c3)oc3ccccc34)cc1)c1cc(CCC(C)C)ccc1-2. The van der Waals surface area contributed by atoms with E-state index in [4.69, 9.17) is 8.83 Å². The summed E-state index contributed by atoms with van der Waals surface area (Å²) in [5.74, 6) is 1.27. The predicted octanol–water partition coefficient (Wildman–Crippen LogP) is 16.5. The lowest BCUT2D eigenvalue weighted by Gasteiger charge is -2.35. The minimum absolute atomic E-state index is 0.503. The van der Waals surface area contributed by atoms with Gasteiger partial charge in [-0.25, -0.2) is 0 Å². The highest BCUT2D eigenvalue weighted by Crippen LogP contribution is 2.57. The van der Waals surface area contributed by atoms with Crippen molar-refractivity contribution in [3.05, 3.63) is 209 Å². The van der Waals surface area contributed by atoms with Crippen molar-refractivity contribution in [2.45, 2.75) is 58.8 Å². The molecule has 2 aromatic heterocycles. The Bertz CT molecular complexity index is 3080. The molecule has 10 aromatic rings. The van der Waals surface area contributed by atoms with Crippen LogP contribution < -0.4 is 4.90 Å². The Hall–Kier alpha value is -6.84. The van der Waals surface area contributed by atoms with Crippen LogP contribution in [0.1, 0.15) is 73.9 Å². The molecular weight excluding hydrogens is 755 g/mol. The lowest BCUT2D eigenvalue weighted by atomic mass is 9.67. The van der Waals surface area contributed by atoms with Gasteiger partial charge in [0, 0.05) is 50.7 Å². The molecule has 0 bridgehead atoms. The smallest absolute Gasteiger partial charge is 0.137 e. The van der Waals surface area contributed by atoms with E-state index in [-0.39, 0.29) is 0 Å². The maximum Gasteiger partial charge on any atom is 0.137 e. The van der Waals surface area contributed by atoms with Crippen molar-refractivity contribution in [2.24, 2.45) is 11.8 Å². The fraction of sp³-hybridized carbons (Fsp3) is 0.186. The van der Waals surface area contributed by atoms with Gasteiger partial charge in [-0.1, -0.05) is 143 Å². The van der Waals surface area contributed by atoms with Gasteiger partial charge in [0.1, 0.15) is 22.3 Å². The molecule has 0 radical (unpaired) electrons. The number of furan rings is 2. The zero-order valence-electron chi connectivity index (χ0n) is 36.0. The van der Waals surface area contributed by atoms with Gasteiger partial charge in [-0.15, -0.1) is 0 Å². The van der Waals surface area contributed by atoms with Crippen molar-refractivity contribution < 1.29 is 8.83 Å². The van der Waals surface area contributed by atoms with Crippen molar-refractivity contribution >= 4 is 60.9 Å². The van der Waals surface area contributed by atoms with E-state index in [2.05, 4.69) is 184 Å². The molecule has 0 unspecified atom stereocenters. The molecule has 11 rings (SSSR count). The third kappa shape index (κ3) is 6.33. The van der Waals surface area contributed by atoms with Gasteiger partial charge in [0.15, 0.2) is 0 Å². The van der Waals surface area contributed by atoms with E-state index in [0.29, 0.717) is 11.8 Å². The van der Waals surface area contributed by atoms with E-state index in [0.717, 1.165) is 86.6 Å². The highest BCUT2D eigenvalue weighted by molar-refractivity contribution is 6.08. The fourth-order valence-electron chi connectivity index (χ4n) is 10.1. The molecule has 0 atom stereocenters. The predicted molar refractivity (Wildman–Crippen MR) is 259 cm³/mol. The van der Waals surface area contributed by atoms with Crippen molar-refractivity contribution in [1.82, 2.24) is 0 Å². The van der Waals surface area contributed by atoms with Crippen LogP contribution in [0.15, 0.2) is 185 Å². The second-order valence-corrected chi connectivity index (χ2v) is 18.2. The monoisotopic (exact) mass is 805 g/mol. The summed E-state index contributed by atoms with van der Waals surface area (Å²) in [6.07, 6.45) is 4.44. The zero-order valence-corrected chi connectivity index (χ0v) is 36.0. The van der Waals surface area contributed by atoms with Gasteiger partial charge in [0.2, 0.25) is 0 Å². The van der Waals surface area contributed by atoms with E-state index >= 15 is 0 Å². The van der Waals surface area contributed by atoms with Crippen molar-refractivity contribution in [3.63, 3.8) is 0 Å². The summed E-state index contributed by atoms with van der Waals surface area (Å²) in [6, 6.07) is 65.0. The second kappa shape index (κ2) is 15.3. The van der Waals surface area contributed by atoms with Crippen LogP contribution in [0.2, 0.25) is 0 Å². The maximum absolute atomic E-state index is 6.48. The number of aryl methyl sites for hydroxylation is 2. The Labute approximate surface area is 364 Å². The minimum Gasteiger partial charge on any atom is -0.456 e. The van der Waals surface area contributed by atoms with E-state index in [1.165, 1.54) is 44.5 Å². The van der Waals surface area contributed by atoms with Crippen molar-refractivity contribution in [2.75, 3.05) is 4.90 Å². The summed E-state index contributed by atoms with van der Waals surface area (Å²) < 4.78 is 13.0. The first kappa shape index (κ1) is 38.1. The molecule has 0 spiro atoms. The molecule has 0 fully saturated rings. The zero-order chi connectivity index (χ0) is 42.0. The molecule has 62 heavy (non-hydrogen) atoms. The standard InChI is InChI=1S/C59H51NO2/c1-38(2)18-20-40-22-30-47-48-31-23-41(21-19-39(3)4)35-54(48)59(53(47)34-40,42-12-6-5-7-13-42)43-24-26-44(27-25-43)60(45-28-32-51-49-14-8-10-16-55(49)61-57(51)36-45)46-29-33-52-50-15-9-11-17-56(50)62-58(52)37-46/h5-17,22-39H,18-21H2,1-4H3. The molecule has 0 aliphatic heterocycles. The molecule has 0 N–H and O–H groups in total. The van der Waals surface area contributed by atoms with Crippen LogP contribution in [0.25, 0.3) is 55.0 Å². The maximum atomic E-state index is 6.48. The van der Waals surface area contributed by atoms with E-state index in [1.807, 2.05) is 24.3 Å². The number of rotatable bonds is 11. The van der Waals surface area contributed by atoms with Crippen LogP contribution in [0, 0.1) is 11.8 Å². The van der Waals surface area contributed by atoms with Gasteiger partial charge in [-0.3, -0.25) is 0 Å². The number of hydrogen-bond donors (Lipinski definition) is 0. The van der Waals surface area contributed by atoms with Crippen LogP contribution in [-0.2, 0) is 18.3 Å². The van der Waals surface area contributed by atoms with Crippen LogP contribution in [0.3, 0.4) is 0 Å². The number of hydrogen-bond acceptors (Lipinski definition) is 3. The Morgan fingerprint density at radius 1 is 0.403 bits per heavy atom. The lowest BCUT2D eigenvalue weighted by molar-refractivity contribution is 0.586. The number of fused-ring (bicyclic) bond motifs is 9. The fourth-order valence-corrected chi connectivity index (χ4v) is 10.1. The van der Waals surface area contributed by atoms with E-state index < -0.39 is 5.41 Å². The van der Waals surface area contributed by atoms with Crippen LogP contribution in [0.5, 0.6) is 0 Å². The number of nitrogens with zero attached hydrogens (tertiary/aromatic N) is 1. The third-order valence-electron chi connectivity index (χ3n) is 13.3. The third-order valence-corrected chi connectivity index (χ3v) is 13.3. The molecule has 0 saturated carbocycles. The van der Waals surface area contributed by atoms with Gasteiger partial charge in [-0.05, 0) is 131 Å². The van der Waals surface area contributed by atoms with Crippen molar-refractivity contribution in [3.8, 4) is 11.1 Å². The molecule has 8 aromatic carbocycles. The summed E-state index contributed by atoms with van der Waals surface area (Å²) in [5.41, 5.74) is 16.8. The van der Waals surface area contributed by atoms with Crippen LogP contribution in [0.4, 0.5) is 17.1 Å². The highest BCUT2D eigenvalue weighted by atomic mass is 16.3. The topological polar surface area (TPSA) is 29.5 Å². The largest absolute Gasteiger partial charge is 0.456 e. The van der Waals surface area contributed by atoms with Crippen LogP contribution in [-0.4, -0.2) is 0 Å². The highest BCUT2D eigenvalue weighted by Gasteiger charge is 2.46. The van der Waals surface area contributed by atoms with E-state index in [1.54, 1.807) is 0 Å². The Kier molecular flexibility index (Phi) is 9.38. The molecule has 3 heteroatoms. The quantitative estimate of drug-likeness (QED) is 0.130. The minimum atomic E-state index is -0.503.